The van der Waals surface area contributed by atoms with Crippen LogP contribution in [0.2, 0.25) is 0 Å². The molecule has 0 amide bonds. The molecule has 0 unspecified atom stereocenters. The van der Waals surface area contributed by atoms with Crippen LogP contribution in [0, 0.1) is 0 Å². The molecule has 0 saturated heterocycles. The van der Waals surface area contributed by atoms with Crippen molar-refractivity contribution in [2.45, 2.75) is 6.42 Å². The van der Waals surface area contributed by atoms with Crippen LogP contribution >= 0.6 is 0 Å². The molecule has 0 spiro atoms. The number of rotatable bonds is 4. The Kier molecular flexibility index (Phi) is 3.59. The Morgan fingerprint density at radius 2 is 1.71 bits per heavy atom. The molecule has 0 radical (unpaired) electrons. The van der Waals surface area contributed by atoms with E-state index in [9.17, 15) is 5.11 Å². The summed E-state index contributed by atoms with van der Waals surface area (Å²) in [7, 11) is 3.10. The maximum Gasteiger partial charge on any atom is 0.129 e. The van der Waals surface area contributed by atoms with Gasteiger partial charge in [-0.1, -0.05) is 0 Å². The van der Waals surface area contributed by atoms with Crippen LogP contribution in [0.1, 0.15) is 5.56 Å². The van der Waals surface area contributed by atoms with Crippen molar-refractivity contribution in [3.63, 3.8) is 0 Å². The quantitative estimate of drug-likeness (QED) is 0.753. The maximum atomic E-state index is 9.36. The van der Waals surface area contributed by atoms with E-state index in [2.05, 4.69) is 0 Å². The molecule has 0 aliphatic carbocycles. The van der Waals surface area contributed by atoms with E-state index < -0.39 is 0 Å². The number of aromatic hydroxyl groups is 1. The van der Waals surface area contributed by atoms with E-state index in [-0.39, 0.29) is 5.75 Å². The van der Waals surface area contributed by atoms with Gasteiger partial charge in [-0.25, -0.2) is 0 Å². The number of nitrogens with two attached hydrogens (primary N) is 1. The van der Waals surface area contributed by atoms with E-state index in [1.165, 1.54) is 0 Å². The topological polar surface area (TPSA) is 64.7 Å². The predicted octanol–water partition coefficient (Wildman–Crippen LogP) is 0.911. The Labute approximate surface area is 83.3 Å². The van der Waals surface area contributed by atoms with Crippen molar-refractivity contribution in [2.75, 3.05) is 20.8 Å². The van der Waals surface area contributed by atoms with Crippen molar-refractivity contribution in [1.29, 1.82) is 0 Å². The maximum absolute atomic E-state index is 9.36. The summed E-state index contributed by atoms with van der Waals surface area (Å²) in [5.41, 5.74) is 6.36. The number of ether oxygens (including phenoxy) is 2. The SMILES string of the molecule is COc1cc(O)cc(OC)c1CCN. The van der Waals surface area contributed by atoms with Gasteiger partial charge in [0.25, 0.3) is 0 Å². The van der Waals surface area contributed by atoms with Crippen LogP contribution in [0.5, 0.6) is 17.2 Å². The van der Waals surface area contributed by atoms with Crippen LogP contribution in [0.25, 0.3) is 0 Å². The highest BCUT2D eigenvalue weighted by Crippen LogP contribution is 2.33. The van der Waals surface area contributed by atoms with Gasteiger partial charge in [0.2, 0.25) is 0 Å². The van der Waals surface area contributed by atoms with Crippen LogP contribution in [0.4, 0.5) is 0 Å². The summed E-state index contributed by atoms with van der Waals surface area (Å²) in [6, 6.07) is 3.10. The van der Waals surface area contributed by atoms with Crippen LogP contribution in [0.15, 0.2) is 12.1 Å². The highest BCUT2D eigenvalue weighted by atomic mass is 16.5. The summed E-state index contributed by atoms with van der Waals surface area (Å²) in [5, 5.41) is 9.36. The molecule has 0 bridgehead atoms. The number of benzene rings is 1. The first-order valence-electron chi connectivity index (χ1n) is 4.36. The Balaban J connectivity index is 3.18. The molecular formula is C10H15NO3. The lowest BCUT2D eigenvalue weighted by molar-refractivity contribution is 0.377. The van der Waals surface area contributed by atoms with Crippen molar-refractivity contribution >= 4 is 0 Å². The molecule has 1 aromatic carbocycles. The normalized spacial score (nSPS) is 9.93. The lowest BCUT2D eigenvalue weighted by Crippen LogP contribution is -2.06. The molecule has 4 nitrogen and oxygen atoms in total. The average molecular weight is 197 g/mol. The monoisotopic (exact) mass is 197 g/mol. The Bertz CT molecular complexity index is 287. The molecule has 0 atom stereocenters. The largest absolute Gasteiger partial charge is 0.508 e. The highest BCUT2D eigenvalue weighted by molar-refractivity contribution is 5.50. The van der Waals surface area contributed by atoms with Crippen LogP contribution in [-0.2, 0) is 6.42 Å². The van der Waals surface area contributed by atoms with Gasteiger partial charge in [0.15, 0.2) is 0 Å². The minimum atomic E-state index is 0.125. The van der Waals surface area contributed by atoms with Gasteiger partial charge in [-0.2, -0.15) is 0 Å². The fourth-order valence-electron chi connectivity index (χ4n) is 1.36. The van der Waals surface area contributed by atoms with Crippen LogP contribution in [0.3, 0.4) is 0 Å². The van der Waals surface area contributed by atoms with Gasteiger partial charge in [0.05, 0.1) is 14.2 Å². The zero-order valence-corrected chi connectivity index (χ0v) is 8.41. The summed E-state index contributed by atoms with van der Waals surface area (Å²) in [6.07, 6.45) is 0.659. The zero-order valence-electron chi connectivity index (χ0n) is 8.41. The zero-order chi connectivity index (χ0) is 10.6. The fourth-order valence-corrected chi connectivity index (χ4v) is 1.36. The third-order valence-corrected chi connectivity index (χ3v) is 1.99. The molecule has 0 fully saturated rings. The fraction of sp³-hybridized carbons (Fsp3) is 0.400. The van der Waals surface area contributed by atoms with Crippen molar-refractivity contribution in [3.8, 4) is 17.2 Å². The molecule has 1 rings (SSSR count). The second-order valence-corrected chi connectivity index (χ2v) is 2.87. The Morgan fingerprint density at radius 3 is 2.07 bits per heavy atom. The number of methoxy groups -OCH3 is 2. The minimum absolute atomic E-state index is 0.125. The Hall–Kier alpha value is -1.42. The molecule has 1 aromatic rings. The molecule has 0 aliphatic heterocycles. The van der Waals surface area contributed by atoms with Crippen LogP contribution < -0.4 is 15.2 Å². The lowest BCUT2D eigenvalue weighted by Gasteiger charge is -2.12. The number of hydrogen-bond acceptors (Lipinski definition) is 4. The second kappa shape index (κ2) is 4.72. The third-order valence-electron chi connectivity index (χ3n) is 1.99. The van der Waals surface area contributed by atoms with Crippen molar-refractivity contribution in [2.24, 2.45) is 5.73 Å². The Morgan fingerprint density at radius 1 is 1.21 bits per heavy atom. The highest BCUT2D eigenvalue weighted by Gasteiger charge is 2.11. The number of phenols is 1. The van der Waals surface area contributed by atoms with Crippen molar-refractivity contribution in [1.82, 2.24) is 0 Å². The number of hydrogen-bond donors (Lipinski definition) is 2. The first-order valence-corrected chi connectivity index (χ1v) is 4.36. The first-order chi connectivity index (χ1) is 6.72. The van der Waals surface area contributed by atoms with Gasteiger partial charge >= 0.3 is 0 Å². The summed E-state index contributed by atoms with van der Waals surface area (Å²) >= 11 is 0. The minimum Gasteiger partial charge on any atom is -0.508 e. The van der Waals surface area contributed by atoms with Crippen LogP contribution in [-0.4, -0.2) is 25.9 Å². The molecule has 4 heteroatoms. The van der Waals surface area contributed by atoms with E-state index in [1.807, 2.05) is 0 Å². The molecule has 0 saturated carbocycles. The van der Waals surface area contributed by atoms with E-state index in [1.54, 1.807) is 26.4 Å². The lowest BCUT2D eigenvalue weighted by atomic mass is 10.1. The predicted molar refractivity (Wildman–Crippen MR) is 54.0 cm³/mol. The van der Waals surface area contributed by atoms with Gasteiger partial charge in [-0.05, 0) is 13.0 Å². The molecule has 0 heterocycles. The van der Waals surface area contributed by atoms with E-state index in [4.69, 9.17) is 15.2 Å². The summed E-state index contributed by atoms with van der Waals surface area (Å²) < 4.78 is 10.3. The summed E-state index contributed by atoms with van der Waals surface area (Å²) in [4.78, 5) is 0. The third kappa shape index (κ3) is 2.09. The van der Waals surface area contributed by atoms with Gasteiger partial charge in [0, 0.05) is 17.7 Å². The molecule has 0 aliphatic rings. The van der Waals surface area contributed by atoms with Gasteiger partial charge in [0.1, 0.15) is 17.2 Å². The van der Waals surface area contributed by atoms with Gasteiger partial charge in [-0.3, -0.25) is 0 Å². The molecular weight excluding hydrogens is 182 g/mol. The molecule has 14 heavy (non-hydrogen) atoms. The first kappa shape index (κ1) is 10.7. The number of phenolic OH excluding ortho intramolecular Hbond substituents is 1. The average Bonchev–Trinajstić information content (AvgIpc) is 2.20. The second-order valence-electron chi connectivity index (χ2n) is 2.87. The molecule has 0 aromatic heterocycles. The van der Waals surface area contributed by atoms with Crippen molar-refractivity contribution in [3.05, 3.63) is 17.7 Å². The van der Waals surface area contributed by atoms with E-state index in [0.717, 1.165) is 5.56 Å². The molecule has 78 valence electrons. The van der Waals surface area contributed by atoms with Gasteiger partial charge in [-0.15, -0.1) is 0 Å². The standard InChI is InChI=1S/C10H15NO3/c1-13-9-5-7(12)6-10(14-2)8(9)3-4-11/h5-6,12H,3-4,11H2,1-2H3. The van der Waals surface area contributed by atoms with Gasteiger partial charge < -0.3 is 20.3 Å². The molecule has 3 N–H and O–H groups in total. The van der Waals surface area contributed by atoms with Crippen molar-refractivity contribution < 1.29 is 14.6 Å². The summed E-state index contributed by atoms with van der Waals surface area (Å²) in [6.45, 7) is 0.511. The smallest absolute Gasteiger partial charge is 0.129 e. The summed E-state index contributed by atoms with van der Waals surface area (Å²) in [5.74, 6) is 1.33. The van der Waals surface area contributed by atoms with E-state index >= 15 is 0 Å². The van der Waals surface area contributed by atoms with E-state index in [0.29, 0.717) is 24.5 Å².